The molecule has 19 heavy (non-hydrogen) atoms. The molecule has 0 atom stereocenters. The fourth-order valence-corrected chi connectivity index (χ4v) is 2.22. The van der Waals surface area contributed by atoms with Crippen molar-refractivity contribution in [3.63, 3.8) is 0 Å². The van der Waals surface area contributed by atoms with Gasteiger partial charge < -0.3 is 9.88 Å². The van der Waals surface area contributed by atoms with Gasteiger partial charge in [0.2, 0.25) is 0 Å². The first-order valence-corrected chi connectivity index (χ1v) is 6.65. The zero-order chi connectivity index (χ0) is 13.8. The van der Waals surface area contributed by atoms with E-state index < -0.39 is 0 Å². The highest BCUT2D eigenvalue weighted by atomic mass is 19.1. The van der Waals surface area contributed by atoms with E-state index in [9.17, 15) is 4.39 Å². The molecule has 1 aromatic carbocycles. The maximum absolute atomic E-state index is 12.8. The molecule has 1 N–H and O–H groups in total. The molecule has 0 saturated heterocycles. The molecule has 0 saturated carbocycles. The Morgan fingerprint density at radius 3 is 2.42 bits per heavy atom. The molecule has 0 radical (unpaired) electrons. The summed E-state index contributed by atoms with van der Waals surface area (Å²) >= 11 is 0. The lowest BCUT2D eigenvalue weighted by Gasteiger charge is -2.06. The molecular formula is C16H21FN2. The summed E-state index contributed by atoms with van der Waals surface area (Å²) in [5.41, 5.74) is 5.11. The van der Waals surface area contributed by atoms with E-state index in [1.807, 2.05) is 12.1 Å². The van der Waals surface area contributed by atoms with E-state index in [1.54, 1.807) is 0 Å². The van der Waals surface area contributed by atoms with E-state index in [4.69, 9.17) is 0 Å². The monoisotopic (exact) mass is 260 g/mol. The number of nitrogens with one attached hydrogen (secondary N) is 1. The largest absolute Gasteiger partial charge is 0.352 e. The van der Waals surface area contributed by atoms with Crippen LogP contribution in [0.2, 0.25) is 0 Å². The second-order valence-corrected chi connectivity index (χ2v) is 5.01. The van der Waals surface area contributed by atoms with Crippen LogP contribution >= 0.6 is 0 Å². The summed E-state index contributed by atoms with van der Waals surface area (Å²) in [5, 5.41) is 3.44. The van der Waals surface area contributed by atoms with Gasteiger partial charge in [0.1, 0.15) is 5.82 Å². The van der Waals surface area contributed by atoms with E-state index in [0.717, 1.165) is 25.1 Å². The van der Waals surface area contributed by atoms with Gasteiger partial charge in [-0.25, -0.2) is 4.39 Å². The third-order valence-electron chi connectivity index (χ3n) is 3.70. The summed E-state index contributed by atoms with van der Waals surface area (Å²) in [6.07, 6.45) is 0.922. The maximum Gasteiger partial charge on any atom is 0.123 e. The lowest BCUT2D eigenvalue weighted by Crippen LogP contribution is -2.17. The Balaban J connectivity index is 1.80. The first kappa shape index (κ1) is 13.8. The summed E-state index contributed by atoms with van der Waals surface area (Å²) < 4.78 is 15.0. The van der Waals surface area contributed by atoms with Gasteiger partial charge in [-0.05, 0) is 56.1 Å². The van der Waals surface area contributed by atoms with Crippen LogP contribution in [0.25, 0.3) is 0 Å². The first-order valence-electron chi connectivity index (χ1n) is 6.65. The first-order chi connectivity index (χ1) is 9.08. The quantitative estimate of drug-likeness (QED) is 0.817. The number of hydrogen-bond donors (Lipinski definition) is 1. The van der Waals surface area contributed by atoms with Crippen LogP contribution in [-0.2, 0) is 20.0 Å². The molecule has 0 bridgehead atoms. The maximum atomic E-state index is 12.8. The van der Waals surface area contributed by atoms with E-state index in [1.165, 1.54) is 29.1 Å². The Labute approximate surface area is 114 Å². The number of benzene rings is 1. The van der Waals surface area contributed by atoms with Crippen LogP contribution < -0.4 is 5.32 Å². The summed E-state index contributed by atoms with van der Waals surface area (Å²) in [7, 11) is 2.09. The van der Waals surface area contributed by atoms with Gasteiger partial charge in [-0.1, -0.05) is 12.1 Å². The zero-order valence-corrected chi connectivity index (χ0v) is 11.8. The van der Waals surface area contributed by atoms with Crippen LogP contribution in [-0.4, -0.2) is 11.1 Å². The molecule has 0 aliphatic heterocycles. The molecule has 2 aromatic rings. The summed E-state index contributed by atoms with van der Waals surface area (Å²) in [6.45, 7) is 6.05. The minimum absolute atomic E-state index is 0.174. The summed E-state index contributed by atoms with van der Waals surface area (Å²) in [6, 6.07) is 8.93. The number of halogens is 1. The molecule has 0 aliphatic rings. The number of nitrogens with zero attached hydrogens (tertiary/aromatic N) is 1. The zero-order valence-electron chi connectivity index (χ0n) is 11.8. The van der Waals surface area contributed by atoms with E-state index in [0.29, 0.717) is 0 Å². The lowest BCUT2D eigenvalue weighted by atomic mass is 10.1. The van der Waals surface area contributed by atoms with Crippen molar-refractivity contribution < 1.29 is 4.39 Å². The van der Waals surface area contributed by atoms with Crippen molar-refractivity contribution in [2.24, 2.45) is 7.05 Å². The van der Waals surface area contributed by atoms with E-state index in [-0.39, 0.29) is 5.82 Å². The second kappa shape index (κ2) is 6.02. The van der Waals surface area contributed by atoms with Crippen LogP contribution in [0.15, 0.2) is 30.3 Å². The predicted octanol–water partition coefficient (Wildman–Crippen LogP) is 3.11. The van der Waals surface area contributed by atoms with Crippen LogP contribution in [0, 0.1) is 19.7 Å². The molecule has 0 aliphatic carbocycles. The highest BCUT2D eigenvalue weighted by molar-refractivity contribution is 5.26. The number of aromatic nitrogens is 1. The van der Waals surface area contributed by atoms with Gasteiger partial charge >= 0.3 is 0 Å². The highest BCUT2D eigenvalue weighted by Gasteiger charge is 2.05. The predicted molar refractivity (Wildman–Crippen MR) is 76.7 cm³/mol. The van der Waals surface area contributed by atoms with Crippen LogP contribution in [0.4, 0.5) is 4.39 Å². The molecular weight excluding hydrogens is 239 g/mol. The molecule has 1 heterocycles. The van der Waals surface area contributed by atoms with E-state index >= 15 is 0 Å². The van der Waals surface area contributed by atoms with Crippen molar-refractivity contribution in [3.8, 4) is 0 Å². The second-order valence-electron chi connectivity index (χ2n) is 5.01. The molecule has 2 rings (SSSR count). The van der Waals surface area contributed by atoms with Gasteiger partial charge in [-0.2, -0.15) is 0 Å². The van der Waals surface area contributed by atoms with Crippen molar-refractivity contribution in [2.75, 3.05) is 6.54 Å². The molecule has 0 amide bonds. The molecule has 3 heteroatoms. The lowest BCUT2D eigenvalue weighted by molar-refractivity contribution is 0.626. The normalized spacial score (nSPS) is 10.9. The minimum atomic E-state index is -0.174. The third-order valence-corrected chi connectivity index (χ3v) is 3.70. The van der Waals surface area contributed by atoms with Gasteiger partial charge in [0.25, 0.3) is 0 Å². The smallest absolute Gasteiger partial charge is 0.123 e. The van der Waals surface area contributed by atoms with Gasteiger partial charge in [0, 0.05) is 25.0 Å². The molecule has 102 valence electrons. The highest BCUT2D eigenvalue weighted by Crippen LogP contribution is 2.12. The number of aryl methyl sites for hydroxylation is 1. The van der Waals surface area contributed by atoms with Crippen molar-refractivity contribution in [1.29, 1.82) is 0 Å². The summed E-state index contributed by atoms with van der Waals surface area (Å²) in [5.74, 6) is -0.174. The van der Waals surface area contributed by atoms with Crippen LogP contribution in [0.3, 0.4) is 0 Å². The fourth-order valence-electron chi connectivity index (χ4n) is 2.22. The molecule has 0 spiro atoms. The van der Waals surface area contributed by atoms with Gasteiger partial charge in [0.15, 0.2) is 0 Å². The molecule has 0 unspecified atom stereocenters. The van der Waals surface area contributed by atoms with Crippen molar-refractivity contribution >= 4 is 0 Å². The Morgan fingerprint density at radius 2 is 1.84 bits per heavy atom. The van der Waals surface area contributed by atoms with Gasteiger partial charge in [0.05, 0.1) is 0 Å². The van der Waals surface area contributed by atoms with E-state index in [2.05, 4.69) is 36.8 Å². The third kappa shape index (κ3) is 3.44. The van der Waals surface area contributed by atoms with Crippen LogP contribution in [0.1, 0.15) is 22.5 Å². The molecule has 2 nitrogen and oxygen atoms in total. The van der Waals surface area contributed by atoms with Gasteiger partial charge in [-0.3, -0.25) is 0 Å². The Bertz CT molecular complexity index is 541. The fraction of sp³-hybridized carbons (Fsp3) is 0.375. The Morgan fingerprint density at radius 1 is 1.16 bits per heavy atom. The standard InChI is InChI=1S/C16H21FN2/c1-12-10-15(13(2)19(12)3)11-18-9-8-14-4-6-16(17)7-5-14/h4-7,10,18H,8-9,11H2,1-3H3. The minimum Gasteiger partial charge on any atom is -0.352 e. The Hall–Kier alpha value is -1.61. The average Bonchev–Trinajstić information content (AvgIpc) is 2.64. The van der Waals surface area contributed by atoms with Crippen molar-refractivity contribution in [1.82, 2.24) is 9.88 Å². The molecule has 1 aromatic heterocycles. The summed E-state index contributed by atoms with van der Waals surface area (Å²) in [4.78, 5) is 0. The SMILES string of the molecule is Cc1cc(CNCCc2ccc(F)cc2)c(C)n1C. The van der Waals surface area contributed by atoms with Crippen LogP contribution in [0.5, 0.6) is 0 Å². The number of rotatable bonds is 5. The van der Waals surface area contributed by atoms with Crippen molar-refractivity contribution in [3.05, 3.63) is 58.7 Å². The topological polar surface area (TPSA) is 17.0 Å². The Kier molecular flexibility index (Phi) is 4.38. The van der Waals surface area contributed by atoms with Gasteiger partial charge in [-0.15, -0.1) is 0 Å². The molecule has 0 fully saturated rings. The average molecular weight is 260 g/mol. The number of hydrogen-bond acceptors (Lipinski definition) is 1. The van der Waals surface area contributed by atoms with Crippen molar-refractivity contribution in [2.45, 2.75) is 26.8 Å².